The molecule has 0 aliphatic carbocycles. The zero-order valence-corrected chi connectivity index (χ0v) is 21.2. The van der Waals surface area contributed by atoms with Crippen molar-refractivity contribution in [3.63, 3.8) is 0 Å². The molecule has 6 rings (SSSR count). The Morgan fingerprint density at radius 1 is 0.771 bits per heavy atom. The molecule has 0 atom stereocenters. The molecule has 0 radical (unpaired) electrons. The molecule has 0 fully saturated rings. The maximum absolute atomic E-state index is 6.35. The number of rotatable bonds is 4. The molecule has 0 saturated heterocycles. The van der Waals surface area contributed by atoms with Gasteiger partial charge in [-0.3, -0.25) is 4.57 Å². The van der Waals surface area contributed by atoms with Crippen molar-refractivity contribution in [2.45, 2.75) is 20.8 Å². The van der Waals surface area contributed by atoms with Crippen LogP contribution in [0.1, 0.15) is 17.0 Å². The van der Waals surface area contributed by atoms with E-state index in [1.807, 2.05) is 54.2 Å². The van der Waals surface area contributed by atoms with Crippen LogP contribution in [0.2, 0.25) is 0 Å². The second kappa shape index (κ2) is 8.40. The number of hydrogen-bond acceptors (Lipinski definition) is 3. The number of ether oxygens (including phenoxy) is 1. The third-order valence-corrected chi connectivity index (χ3v) is 6.63. The molecular weight excluding hydrogens is 500 g/mol. The summed E-state index contributed by atoms with van der Waals surface area (Å²) >= 11 is 3.64. The first kappa shape index (κ1) is 21.6. The van der Waals surface area contributed by atoms with Gasteiger partial charge in [0.1, 0.15) is 17.3 Å². The Balaban J connectivity index is 1.48. The number of aryl methyl sites for hydroxylation is 3. The van der Waals surface area contributed by atoms with Gasteiger partial charge in [-0.05, 0) is 80.9 Å². The number of aromatic nitrogens is 4. The summed E-state index contributed by atoms with van der Waals surface area (Å²) in [4.78, 5) is 4.68. The highest BCUT2D eigenvalue weighted by Crippen LogP contribution is 2.36. The number of hydrogen-bond donors (Lipinski definition) is 0. The highest BCUT2D eigenvalue weighted by Gasteiger charge is 2.15. The Labute approximate surface area is 211 Å². The van der Waals surface area contributed by atoms with Crippen molar-refractivity contribution in [3.05, 3.63) is 106 Å². The van der Waals surface area contributed by atoms with E-state index < -0.39 is 0 Å². The zero-order chi connectivity index (χ0) is 24.1. The van der Waals surface area contributed by atoms with Crippen LogP contribution in [-0.2, 0) is 0 Å². The van der Waals surface area contributed by atoms with E-state index in [-0.39, 0.29) is 0 Å². The summed E-state index contributed by atoms with van der Waals surface area (Å²) in [5, 5.41) is 6.92. The molecule has 3 aromatic heterocycles. The van der Waals surface area contributed by atoms with E-state index in [2.05, 4.69) is 86.9 Å². The first-order chi connectivity index (χ1) is 17.0. The predicted octanol–water partition coefficient (Wildman–Crippen LogP) is 7.84. The van der Waals surface area contributed by atoms with Crippen LogP contribution in [0.3, 0.4) is 0 Å². The van der Waals surface area contributed by atoms with E-state index in [1.165, 1.54) is 5.39 Å². The van der Waals surface area contributed by atoms with Crippen LogP contribution in [0.15, 0.2) is 89.5 Å². The molecule has 3 aromatic carbocycles. The zero-order valence-electron chi connectivity index (χ0n) is 19.7. The van der Waals surface area contributed by atoms with Crippen molar-refractivity contribution < 1.29 is 4.74 Å². The summed E-state index contributed by atoms with van der Waals surface area (Å²) in [5.41, 5.74) is 6.34. The molecule has 0 aliphatic rings. The highest BCUT2D eigenvalue weighted by molar-refractivity contribution is 9.10. The second-order valence-electron chi connectivity index (χ2n) is 8.81. The first-order valence-electron chi connectivity index (χ1n) is 11.4. The van der Waals surface area contributed by atoms with Crippen molar-refractivity contribution in [2.75, 3.05) is 0 Å². The lowest BCUT2D eigenvalue weighted by Crippen LogP contribution is -1.99. The van der Waals surface area contributed by atoms with Gasteiger partial charge >= 0.3 is 0 Å². The number of benzene rings is 3. The number of fused-ring (bicyclic) bond motifs is 3. The summed E-state index contributed by atoms with van der Waals surface area (Å²) in [5.74, 6) is 2.40. The quantitative estimate of drug-likeness (QED) is 0.236. The molecule has 0 N–H and O–H groups in total. The first-order valence-corrected chi connectivity index (χ1v) is 12.2. The van der Waals surface area contributed by atoms with Gasteiger partial charge in [0.25, 0.3) is 0 Å². The van der Waals surface area contributed by atoms with E-state index in [1.54, 1.807) is 0 Å². The van der Waals surface area contributed by atoms with Crippen LogP contribution in [0.4, 0.5) is 0 Å². The smallest absolute Gasteiger partial charge is 0.137 e. The fourth-order valence-corrected chi connectivity index (χ4v) is 4.98. The van der Waals surface area contributed by atoms with Gasteiger partial charge in [0.15, 0.2) is 0 Å². The van der Waals surface area contributed by atoms with Gasteiger partial charge in [-0.1, -0.05) is 28.1 Å². The molecule has 35 heavy (non-hydrogen) atoms. The maximum atomic E-state index is 6.35. The van der Waals surface area contributed by atoms with E-state index in [0.717, 1.165) is 60.8 Å². The summed E-state index contributed by atoms with van der Waals surface area (Å²) in [6.07, 6.45) is 1.85. The van der Waals surface area contributed by atoms with E-state index in [0.29, 0.717) is 0 Å². The SMILES string of the molecule is Cc1ccnc(-n2c3cc(Br)ccc3c3ccc(Oc4cccc(-n5nc(C)cc5C)c4)cc32)c1. The van der Waals surface area contributed by atoms with Crippen LogP contribution in [0.5, 0.6) is 11.5 Å². The van der Waals surface area contributed by atoms with E-state index in [9.17, 15) is 0 Å². The average molecular weight is 523 g/mol. The van der Waals surface area contributed by atoms with E-state index >= 15 is 0 Å². The minimum absolute atomic E-state index is 0.758. The third kappa shape index (κ3) is 3.90. The Morgan fingerprint density at radius 3 is 2.31 bits per heavy atom. The summed E-state index contributed by atoms with van der Waals surface area (Å²) in [7, 11) is 0. The van der Waals surface area contributed by atoms with Gasteiger partial charge < -0.3 is 4.74 Å². The molecular formula is C29H23BrN4O. The van der Waals surface area contributed by atoms with Gasteiger partial charge in [0.05, 0.1) is 22.4 Å². The van der Waals surface area contributed by atoms with Gasteiger partial charge in [0, 0.05) is 39.3 Å². The number of halogens is 1. The van der Waals surface area contributed by atoms with Gasteiger partial charge in [-0.25, -0.2) is 9.67 Å². The summed E-state index contributed by atoms with van der Waals surface area (Å²) in [6.45, 7) is 6.14. The fourth-order valence-electron chi connectivity index (χ4n) is 4.63. The highest BCUT2D eigenvalue weighted by atomic mass is 79.9. The largest absolute Gasteiger partial charge is 0.457 e. The lowest BCUT2D eigenvalue weighted by Gasteiger charge is -2.11. The Hall–Kier alpha value is -3.90. The van der Waals surface area contributed by atoms with Crippen LogP contribution < -0.4 is 4.74 Å². The van der Waals surface area contributed by atoms with Crippen LogP contribution in [-0.4, -0.2) is 19.3 Å². The summed E-state index contributed by atoms with van der Waals surface area (Å²) in [6, 6.07) is 26.8. The van der Waals surface area contributed by atoms with Gasteiger partial charge in [-0.2, -0.15) is 5.10 Å². The minimum Gasteiger partial charge on any atom is -0.457 e. The lowest BCUT2D eigenvalue weighted by atomic mass is 10.1. The molecule has 0 saturated carbocycles. The molecule has 6 aromatic rings. The van der Waals surface area contributed by atoms with Crippen LogP contribution in [0.25, 0.3) is 33.3 Å². The Kier molecular flexibility index (Phi) is 5.19. The molecule has 3 heterocycles. The summed E-state index contributed by atoms with van der Waals surface area (Å²) < 4.78 is 11.5. The Morgan fingerprint density at radius 2 is 1.54 bits per heavy atom. The number of nitrogens with zero attached hydrogens (tertiary/aromatic N) is 4. The average Bonchev–Trinajstić information content (AvgIpc) is 3.34. The standard InChI is InChI=1S/C29H23BrN4O/c1-18-11-12-31-29(13-18)33-27-15-21(30)7-9-25(27)26-10-8-24(17-28(26)33)35-23-6-4-5-22(16-23)34-20(3)14-19(2)32-34/h4-17H,1-3H3. The molecule has 0 aliphatic heterocycles. The maximum Gasteiger partial charge on any atom is 0.137 e. The Bertz CT molecular complexity index is 1730. The fraction of sp³-hybridized carbons (Fsp3) is 0.103. The van der Waals surface area contributed by atoms with Crippen LogP contribution in [0, 0.1) is 20.8 Å². The normalized spacial score (nSPS) is 11.4. The third-order valence-electron chi connectivity index (χ3n) is 6.14. The molecule has 0 bridgehead atoms. The molecule has 172 valence electrons. The monoisotopic (exact) mass is 522 g/mol. The second-order valence-corrected chi connectivity index (χ2v) is 9.72. The predicted molar refractivity (Wildman–Crippen MR) is 144 cm³/mol. The minimum atomic E-state index is 0.758. The van der Waals surface area contributed by atoms with Crippen molar-refractivity contribution in [1.29, 1.82) is 0 Å². The van der Waals surface area contributed by atoms with E-state index in [4.69, 9.17) is 4.74 Å². The number of pyridine rings is 1. The van der Waals surface area contributed by atoms with Crippen molar-refractivity contribution >= 4 is 37.7 Å². The molecule has 6 heteroatoms. The molecule has 0 spiro atoms. The van der Waals surface area contributed by atoms with Crippen molar-refractivity contribution in [1.82, 2.24) is 19.3 Å². The van der Waals surface area contributed by atoms with Crippen molar-refractivity contribution in [3.8, 4) is 23.0 Å². The molecule has 0 amide bonds. The van der Waals surface area contributed by atoms with Crippen molar-refractivity contribution in [2.24, 2.45) is 0 Å². The van der Waals surface area contributed by atoms with Crippen LogP contribution >= 0.6 is 15.9 Å². The lowest BCUT2D eigenvalue weighted by molar-refractivity contribution is 0.483. The molecule has 0 unspecified atom stereocenters. The van der Waals surface area contributed by atoms with Gasteiger partial charge in [-0.15, -0.1) is 0 Å². The van der Waals surface area contributed by atoms with Gasteiger partial charge in [0.2, 0.25) is 0 Å². The molecule has 5 nitrogen and oxygen atoms in total. The topological polar surface area (TPSA) is 44.9 Å².